The Bertz CT molecular complexity index is 867. The van der Waals surface area contributed by atoms with E-state index in [1.54, 1.807) is 6.07 Å². The summed E-state index contributed by atoms with van der Waals surface area (Å²) in [5.74, 6) is 0.249. The molecule has 23 heavy (non-hydrogen) atoms. The molecular weight excluding hydrogens is 344 g/mol. The summed E-state index contributed by atoms with van der Waals surface area (Å²) in [5.41, 5.74) is -2.58. The maximum Gasteiger partial charge on any atom is 0.446 e. The van der Waals surface area contributed by atoms with Crippen LogP contribution >= 0.6 is 23.5 Å². The number of rotatable bonds is 3. The van der Waals surface area contributed by atoms with Gasteiger partial charge in [0.2, 0.25) is 5.89 Å². The van der Waals surface area contributed by atoms with Gasteiger partial charge in [0.15, 0.2) is 5.58 Å². The van der Waals surface area contributed by atoms with Crippen LogP contribution in [0.15, 0.2) is 44.7 Å². The van der Waals surface area contributed by atoms with E-state index in [1.807, 2.05) is 6.26 Å². The van der Waals surface area contributed by atoms with Gasteiger partial charge in [-0.2, -0.15) is 13.2 Å². The molecule has 1 aromatic carbocycles. The summed E-state index contributed by atoms with van der Waals surface area (Å²) < 4.78 is 42.9. The molecule has 0 aliphatic heterocycles. The zero-order valence-corrected chi connectivity index (χ0v) is 13.4. The van der Waals surface area contributed by atoms with Crippen molar-refractivity contribution < 1.29 is 17.6 Å². The Balaban J connectivity index is 2.03. The molecule has 0 amide bonds. The third kappa shape index (κ3) is 3.66. The first-order chi connectivity index (χ1) is 10.9. The number of alkyl halides is 3. The highest BCUT2D eigenvalue weighted by molar-refractivity contribution is 8.00. The van der Waals surface area contributed by atoms with E-state index in [4.69, 9.17) is 12.3 Å². The van der Waals surface area contributed by atoms with Crippen LogP contribution in [0.5, 0.6) is 0 Å². The predicted octanol–water partition coefficient (Wildman–Crippen LogP) is 4.02. The fourth-order valence-electron chi connectivity index (χ4n) is 1.98. The number of fused-ring (bicyclic) bond motifs is 1. The molecule has 0 saturated heterocycles. The first-order valence-corrected chi connectivity index (χ1v) is 8.36. The standard InChI is InChI=1S/C14H8BF3N2OS2/c1-22-11-4-7(15)6-19-12(11)13-20-9-5-8(23-14(16,17)18)2-3-10(9)21-13/h2-6H,1H3. The van der Waals surface area contributed by atoms with Gasteiger partial charge in [-0.1, -0.05) is 11.5 Å². The van der Waals surface area contributed by atoms with Crippen LogP contribution in [0.1, 0.15) is 0 Å². The molecule has 0 aliphatic rings. The Morgan fingerprint density at radius 3 is 2.70 bits per heavy atom. The van der Waals surface area contributed by atoms with Crippen molar-refractivity contribution in [2.45, 2.75) is 15.3 Å². The van der Waals surface area contributed by atoms with Gasteiger partial charge in [0.25, 0.3) is 0 Å². The highest BCUT2D eigenvalue weighted by Crippen LogP contribution is 2.38. The van der Waals surface area contributed by atoms with Crippen molar-refractivity contribution in [3.05, 3.63) is 30.5 Å². The zero-order chi connectivity index (χ0) is 16.6. The third-order valence-electron chi connectivity index (χ3n) is 2.89. The van der Waals surface area contributed by atoms with Gasteiger partial charge in [0, 0.05) is 16.0 Å². The minimum absolute atomic E-state index is 0.0557. The largest absolute Gasteiger partial charge is 0.446 e. The number of oxazole rings is 1. The van der Waals surface area contributed by atoms with Crippen LogP contribution in [-0.2, 0) is 0 Å². The lowest BCUT2D eigenvalue weighted by molar-refractivity contribution is -0.0328. The summed E-state index contributed by atoms with van der Waals surface area (Å²) in [7, 11) is 5.70. The number of thioether (sulfide) groups is 2. The summed E-state index contributed by atoms with van der Waals surface area (Å²) in [5, 5.41) is 0. The monoisotopic (exact) mass is 352 g/mol. The molecule has 2 radical (unpaired) electrons. The summed E-state index contributed by atoms with van der Waals surface area (Å²) in [6, 6.07) is 5.90. The Kier molecular flexibility index (Phi) is 4.33. The minimum atomic E-state index is -4.34. The maximum absolute atomic E-state index is 12.4. The molecule has 3 rings (SSSR count). The van der Waals surface area contributed by atoms with E-state index in [0.717, 1.165) is 4.90 Å². The summed E-state index contributed by atoms with van der Waals surface area (Å²) >= 11 is 1.24. The van der Waals surface area contributed by atoms with Crippen molar-refractivity contribution in [3.63, 3.8) is 0 Å². The van der Waals surface area contributed by atoms with E-state index >= 15 is 0 Å². The molecule has 2 aromatic heterocycles. The van der Waals surface area contributed by atoms with Crippen molar-refractivity contribution in [1.29, 1.82) is 0 Å². The average molecular weight is 352 g/mol. The number of aromatic nitrogens is 2. The highest BCUT2D eigenvalue weighted by atomic mass is 32.2. The Morgan fingerprint density at radius 2 is 2.00 bits per heavy atom. The molecule has 2 heterocycles. The Hall–Kier alpha value is -1.61. The summed E-state index contributed by atoms with van der Waals surface area (Å²) in [6.07, 6.45) is 3.34. The second-order valence-corrected chi connectivity index (χ2v) is 6.50. The number of hydrogen-bond acceptors (Lipinski definition) is 5. The first kappa shape index (κ1) is 16.3. The Labute approximate surface area is 139 Å². The first-order valence-electron chi connectivity index (χ1n) is 6.32. The van der Waals surface area contributed by atoms with Gasteiger partial charge < -0.3 is 4.42 Å². The number of hydrogen-bond donors (Lipinski definition) is 0. The molecule has 0 atom stereocenters. The van der Waals surface area contributed by atoms with Crippen LogP contribution in [-0.4, -0.2) is 29.6 Å². The van der Waals surface area contributed by atoms with Crippen molar-refractivity contribution in [2.24, 2.45) is 0 Å². The van der Waals surface area contributed by atoms with Gasteiger partial charge in [-0.25, -0.2) is 4.98 Å². The van der Waals surface area contributed by atoms with Gasteiger partial charge in [0.05, 0.1) is 0 Å². The van der Waals surface area contributed by atoms with Gasteiger partial charge >= 0.3 is 5.51 Å². The molecule has 116 valence electrons. The Morgan fingerprint density at radius 1 is 1.22 bits per heavy atom. The van der Waals surface area contributed by atoms with Crippen LogP contribution in [0.2, 0.25) is 0 Å². The van der Waals surface area contributed by atoms with Crippen molar-refractivity contribution in [1.82, 2.24) is 9.97 Å². The molecule has 0 fully saturated rings. The number of halogens is 3. The lowest BCUT2D eigenvalue weighted by Gasteiger charge is -2.04. The van der Waals surface area contributed by atoms with Crippen molar-refractivity contribution in [2.75, 3.05) is 6.26 Å². The molecule has 3 aromatic rings. The van der Waals surface area contributed by atoms with E-state index in [9.17, 15) is 13.2 Å². The van der Waals surface area contributed by atoms with Crippen LogP contribution in [0.25, 0.3) is 22.7 Å². The average Bonchev–Trinajstić information content (AvgIpc) is 2.88. The molecule has 0 aliphatic carbocycles. The van der Waals surface area contributed by atoms with E-state index in [1.165, 1.54) is 36.2 Å². The highest BCUT2D eigenvalue weighted by Gasteiger charge is 2.29. The molecule has 0 bridgehead atoms. The molecule has 0 spiro atoms. The number of nitrogens with zero attached hydrogens (tertiary/aromatic N) is 2. The van der Waals surface area contributed by atoms with Crippen LogP contribution < -0.4 is 5.46 Å². The van der Waals surface area contributed by atoms with Crippen molar-refractivity contribution >= 4 is 47.9 Å². The SMILES string of the molecule is [B]c1cnc(-c2nc3cc(SC(F)(F)F)ccc3o2)c(SC)c1. The maximum atomic E-state index is 12.4. The van der Waals surface area contributed by atoms with E-state index in [-0.39, 0.29) is 22.5 Å². The van der Waals surface area contributed by atoms with E-state index < -0.39 is 5.51 Å². The second-order valence-electron chi connectivity index (χ2n) is 4.52. The fourth-order valence-corrected chi connectivity index (χ4v) is 3.14. The third-order valence-corrected chi connectivity index (χ3v) is 4.36. The lowest BCUT2D eigenvalue weighted by atomic mass is 9.99. The van der Waals surface area contributed by atoms with Gasteiger partial charge in [-0.3, -0.25) is 4.98 Å². The second kappa shape index (κ2) is 6.12. The van der Waals surface area contributed by atoms with E-state index in [2.05, 4.69) is 9.97 Å². The normalized spacial score (nSPS) is 12.0. The lowest BCUT2D eigenvalue weighted by Crippen LogP contribution is -2.04. The smallest absolute Gasteiger partial charge is 0.435 e. The summed E-state index contributed by atoms with van der Waals surface area (Å²) in [4.78, 5) is 9.29. The predicted molar refractivity (Wildman–Crippen MR) is 86.3 cm³/mol. The molecule has 0 N–H and O–H groups in total. The molecule has 3 nitrogen and oxygen atoms in total. The fraction of sp³-hybridized carbons (Fsp3) is 0.143. The zero-order valence-electron chi connectivity index (χ0n) is 11.7. The summed E-state index contributed by atoms with van der Waals surface area (Å²) in [6.45, 7) is 0. The molecule has 0 saturated carbocycles. The van der Waals surface area contributed by atoms with Crippen LogP contribution in [0.4, 0.5) is 13.2 Å². The number of pyridine rings is 1. The minimum Gasteiger partial charge on any atom is -0.435 e. The van der Waals surface area contributed by atoms with E-state index in [0.29, 0.717) is 22.3 Å². The van der Waals surface area contributed by atoms with Crippen molar-refractivity contribution in [3.8, 4) is 11.6 Å². The van der Waals surface area contributed by atoms with Gasteiger partial charge in [0.1, 0.15) is 19.1 Å². The number of benzene rings is 1. The quantitative estimate of drug-likeness (QED) is 0.526. The molecular formula is C14H8BF3N2OS2. The molecule has 0 unspecified atom stereocenters. The van der Waals surface area contributed by atoms with Gasteiger partial charge in [-0.15, -0.1) is 11.8 Å². The van der Waals surface area contributed by atoms with Crippen LogP contribution in [0, 0.1) is 0 Å². The van der Waals surface area contributed by atoms with Crippen LogP contribution in [0.3, 0.4) is 0 Å². The topological polar surface area (TPSA) is 38.9 Å². The molecule has 9 heteroatoms. The van der Waals surface area contributed by atoms with Gasteiger partial charge in [-0.05, 0) is 36.2 Å².